The Balaban J connectivity index is 1.70. The van der Waals surface area contributed by atoms with Crippen LogP contribution in [0.2, 0.25) is 0 Å². The van der Waals surface area contributed by atoms with E-state index < -0.39 is 19.3 Å². The van der Waals surface area contributed by atoms with E-state index in [9.17, 15) is 9.36 Å². The molecule has 2 aromatic heterocycles. The lowest BCUT2D eigenvalue weighted by Crippen LogP contribution is -2.28. The van der Waals surface area contributed by atoms with E-state index in [1.54, 1.807) is 34.6 Å². The zero-order valence-electron chi connectivity index (χ0n) is 20.1. The number of rotatable bonds is 13. The first kappa shape index (κ1) is 25.9. The predicted octanol–water partition coefficient (Wildman–Crippen LogP) is 3.57. The van der Waals surface area contributed by atoms with Gasteiger partial charge in [0.05, 0.1) is 24.6 Å². The first-order valence-corrected chi connectivity index (χ1v) is 12.8. The molecule has 0 radical (unpaired) electrons. The minimum atomic E-state index is -3.43. The Labute approximate surface area is 198 Å². The van der Waals surface area contributed by atoms with Gasteiger partial charge in [0.2, 0.25) is 11.6 Å². The third-order valence-corrected chi connectivity index (χ3v) is 6.39. The Bertz CT molecular complexity index is 1150. The third kappa shape index (κ3) is 7.14. The number of benzene rings is 1. The van der Waals surface area contributed by atoms with E-state index in [0.29, 0.717) is 5.65 Å². The van der Waals surface area contributed by atoms with Crippen LogP contribution in [0.3, 0.4) is 0 Å². The van der Waals surface area contributed by atoms with E-state index in [1.807, 2.05) is 30.3 Å². The van der Waals surface area contributed by atoms with Crippen molar-refractivity contribution < 1.29 is 23.2 Å². The number of imidazole rings is 1. The van der Waals surface area contributed by atoms with Crippen LogP contribution in [-0.2, 0) is 25.0 Å². The highest BCUT2D eigenvalue weighted by Gasteiger charge is 2.29. The van der Waals surface area contributed by atoms with Crippen molar-refractivity contribution in [2.24, 2.45) is 0 Å². The Kier molecular flexibility index (Phi) is 8.84. The Hall–Kier alpha value is -2.72. The molecule has 11 nitrogen and oxygen atoms in total. The SMILES string of the molecule is CC(C)OP(=O)(COC(C)CNc1nc(=O)c2[nH]cnc2n1OCc1ccccc1)OC(C)C. The summed E-state index contributed by atoms with van der Waals surface area (Å²) in [4.78, 5) is 29.4. The van der Waals surface area contributed by atoms with Gasteiger partial charge in [-0.1, -0.05) is 30.3 Å². The van der Waals surface area contributed by atoms with Crippen molar-refractivity contribution in [1.82, 2.24) is 19.7 Å². The van der Waals surface area contributed by atoms with Gasteiger partial charge in [-0.3, -0.25) is 9.36 Å². The average Bonchev–Trinajstić information content (AvgIpc) is 3.26. The second kappa shape index (κ2) is 11.6. The summed E-state index contributed by atoms with van der Waals surface area (Å²) in [7, 11) is -3.43. The number of nitrogens with zero attached hydrogens (tertiary/aromatic N) is 3. The van der Waals surface area contributed by atoms with Gasteiger partial charge in [0.15, 0.2) is 5.52 Å². The molecular formula is C22H32N5O6P. The smallest absolute Gasteiger partial charge is 0.356 e. The van der Waals surface area contributed by atoms with Gasteiger partial charge in [-0.2, -0.15) is 4.98 Å². The molecule has 12 heteroatoms. The Morgan fingerprint density at radius 1 is 1.09 bits per heavy atom. The summed E-state index contributed by atoms with van der Waals surface area (Å²) in [6, 6.07) is 9.60. The van der Waals surface area contributed by atoms with Gasteiger partial charge in [-0.25, -0.2) is 4.98 Å². The number of fused-ring (bicyclic) bond motifs is 1. The van der Waals surface area contributed by atoms with E-state index >= 15 is 0 Å². The fourth-order valence-corrected chi connectivity index (χ4v) is 4.98. The predicted molar refractivity (Wildman–Crippen MR) is 129 cm³/mol. The molecule has 1 atom stereocenters. The molecule has 0 aliphatic rings. The van der Waals surface area contributed by atoms with E-state index in [2.05, 4.69) is 20.3 Å². The lowest BCUT2D eigenvalue weighted by atomic mass is 10.2. The summed E-state index contributed by atoms with van der Waals surface area (Å²) in [6.07, 6.45) is 0.251. The van der Waals surface area contributed by atoms with Gasteiger partial charge in [-0.15, -0.1) is 4.73 Å². The molecule has 0 saturated heterocycles. The first-order chi connectivity index (χ1) is 16.2. The number of hydrogen-bond acceptors (Lipinski definition) is 9. The normalized spacial score (nSPS) is 13.0. The molecule has 1 aromatic carbocycles. The highest BCUT2D eigenvalue weighted by molar-refractivity contribution is 7.53. The molecule has 0 saturated carbocycles. The van der Waals surface area contributed by atoms with Crippen LogP contribution in [0.4, 0.5) is 5.95 Å². The molecule has 3 rings (SSSR count). The fraction of sp³-hybridized carbons (Fsp3) is 0.500. The zero-order chi connectivity index (χ0) is 24.7. The molecule has 0 aliphatic carbocycles. The van der Waals surface area contributed by atoms with E-state index in [-0.39, 0.29) is 43.2 Å². The molecule has 0 aliphatic heterocycles. The summed E-state index contributed by atoms with van der Waals surface area (Å²) >= 11 is 0. The van der Waals surface area contributed by atoms with Crippen LogP contribution in [0.1, 0.15) is 40.2 Å². The highest BCUT2D eigenvalue weighted by Crippen LogP contribution is 2.50. The quantitative estimate of drug-likeness (QED) is 0.343. The number of anilines is 1. The molecule has 34 heavy (non-hydrogen) atoms. The largest absolute Gasteiger partial charge is 0.404 e. The molecule has 2 N–H and O–H groups in total. The maximum Gasteiger partial charge on any atom is 0.356 e. The lowest BCUT2D eigenvalue weighted by Gasteiger charge is -2.24. The van der Waals surface area contributed by atoms with Crippen LogP contribution < -0.4 is 15.7 Å². The van der Waals surface area contributed by atoms with Crippen LogP contribution in [0.5, 0.6) is 0 Å². The van der Waals surface area contributed by atoms with Crippen molar-refractivity contribution in [2.75, 3.05) is 18.2 Å². The minimum absolute atomic E-state index is 0.177. The topological polar surface area (TPSA) is 130 Å². The Morgan fingerprint density at radius 2 is 1.76 bits per heavy atom. The van der Waals surface area contributed by atoms with E-state index in [0.717, 1.165) is 5.56 Å². The standard InChI is InChI=1S/C22H32N5O6P/c1-15(2)32-34(29,33-16(3)4)14-30-17(5)11-23-22-26-21(28)19-20(25-13-24-19)27(22)31-12-18-9-7-6-8-10-18/h6-10,13,15-17H,11-12,14H2,1-5H3,(H,24,25)(H,23,26,28). The molecule has 0 fully saturated rings. The third-order valence-electron chi connectivity index (χ3n) is 4.44. The fourth-order valence-electron chi connectivity index (χ4n) is 3.08. The van der Waals surface area contributed by atoms with Crippen molar-refractivity contribution in [3.63, 3.8) is 0 Å². The summed E-state index contributed by atoms with van der Waals surface area (Å²) in [5, 5.41) is 3.07. The second-order valence-corrected chi connectivity index (χ2v) is 10.2. The highest BCUT2D eigenvalue weighted by atomic mass is 31.2. The maximum atomic E-state index is 13.0. The van der Waals surface area contributed by atoms with Gasteiger partial charge in [-0.05, 0) is 40.2 Å². The van der Waals surface area contributed by atoms with Gasteiger partial charge in [0.1, 0.15) is 13.0 Å². The molecule has 186 valence electrons. The number of ether oxygens (including phenoxy) is 1. The molecular weight excluding hydrogens is 461 g/mol. The van der Waals surface area contributed by atoms with Gasteiger partial charge < -0.3 is 28.9 Å². The summed E-state index contributed by atoms with van der Waals surface area (Å²) in [5.74, 6) is 0.177. The lowest BCUT2D eigenvalue weighted by molar-refractivity contribution is 0.0677. The van der Waals surface area contributed by atoms with Crippen molar-refractivity contribution in [3.8, 4) is 0 Å². The minimum Gasteiger partial charge on any atom is -0.404 e. The molecule has 3 aromatic rings. The van der Waals surface area contributed by atoms with Crippen molar-refractivity contribution in [3.05, 3.63) is 52.6 Å². The zero-order valence-corrected chi connectivity index (χ0v) is 21.0. The molecule has 0 bridgehead atoms. The molecule has 0 spiro atoms. The van der Waals surface area contributed by atoms with Crippen molar-refractivity contribution in [2.45, 2.75) is 59.5 Å². The monoisotopic (exact) mass is 493 g/mol. The number of hydrogen-bond donors (Lipinski definition) is 2. The van der Waals surface area contributed by atoms with Crippen LogP contribution in [0, 0.1) is 0 Å². The summed E-state index contributed by atoms with van der Waals surface area (Å²) in [6.45, 7) is 9.43. The number of nitrogens with one attached hydrogen (secondary N) is 2. The molecule has 1 unspecified atom stereocenters. The maximum absolute atomic E-state index is 13.0. The first-order valence-electron chi connectivity index (χ1n) is 11.1. The van der Waals surface area contributed by atoms with E-state index in [1.165, 1.54) is 11.1 Å². The van der Waals surface area contributed by atoms with Crippen LogP contribution in [0.15, 0.2) is 41.5 Å². The van der Waals surface area contributed by atoms with Crippen molar-refractivity contribution in [1.29, 1.82) is 0 Å². The van der Waals surface area contributed by atoms with Gasteiger partial charge in [0, 0.05) is 6.54 Å². The van der Waals surface area contributed by atoms with Gasteiger partial charge >= 0.3 is 13.2 Å². The number of aromatic amines is 1. The number of H-pyrrole nitrogens is 1. The second-order valence-electron chi connectivity index (χ2n) is 8.30. The number of aromatic nitrogens is 4. The van der Waals surface area contributed by atoms with Gasteiger partial charge in [0.25, 0.3) is 0 Å². The van der Waals surface area contributed by atoms with Crippen LogP contribution in [-0.4, -0.2) is 50.9 Å². The summed E-state index contributed by atoms with van der Waals surface area (Å²) in [5.41, 5.74) is 1.02. The van der Waals surface area contributed by atoms with E-state index in [4.69, 9.17) is 18.6 Å². The van der Waals surface area contributed by atoms with Crippen LogP contribution in [0.25, 0.3) is 11.2 Å². The molecule has 0 amide bonds. The summed E-state index contributed by atoms with van der Waals surface area (Å²) < 4.78 is 31.1. The molecule has 2 heterocycles. The van der Waals surface area contributed by atoms with Crippen LogP contribution >= 0.6 is 7.60 Å². The van der Waals surface area contributed by atoms with Crippen molar-refractivity contribution >= 4 is 24.7 Å². The Morgan fingerprint density at radius 3 is 2.41 bits per heavy atom. The average molecular weight is 494 g/mol.